The standard InChI is InChI=1S/C26H36O7/c1-30-24(28)14-8-3-2-7-13-20-21(18-27)23(32-25-15-9-10-16-31-25)17-22(20)33-26(29)19-11-5-4-6-12-19/h4-6,11-12,18,20-23,25H,2-3,7-10,13-17H2,1H3/t20-,21+,22+,23-,25?/m1/s1. The number of unbranched alkanes of at least 4 members (excludes halogenated alkanes) is 3. The Kier molecular flexibility index (Phi) is 10.3. The van der Waals surface area contributed by atoms with E-state index in [0.29, 0.717) is 25.0 Å². The van der Waals surface area contributed by atoms with E-state index < -0.39 is 0 Å². The third-order valence-corrected chi connectivity index (χ3v) is 6.65. The van der Waals surface area contributed by atoms with E-state index in [4.69, 9.17) is 14.2 Å². The zero-order chi connectivity index (χ0) is 23.5. The lowest BCUT2D eigenvalue weighted by atomic mass is 9.89. The van der Waals surface area contributed by atoms with Crippen LogP contribution in [0.2, 0.25) is 0 Å². The molecule has 7 nitrogen and oxygen atoms in total. The van der Waals surface area contributed by atoms with Crippen LogP contribution in [-0.4, -0.2) is 50.4 Å². The van der Waals surface area contributed by atoms with Crippen LogP contribution in [0.3, 0.4) is 0 Å². The summed E-state index contributed by atoms with van der Waals surface area (Å²) >= 11 is 0. The van der Waals surface area contributed by atoms with E-state index in [9.17, 15) is 14.4 Å². The van der Waals surface area contributed by atoms with Gasteiger partial charge < -0.3 is 23.7 Å². The number of aldehydes is 1. The highest BCUT2D eigenvalue weighted by molar-refractivity contribution is 5.89. The van der Waals surface area contributed by atoms with Gasteiger partial charge in [0.1, 0.15) is 12.4 Å². The third kappa shape index (κ3) is 7.64. The SMILES string of the molecule is COC(=O)CCCCCC[C@@H]1[C@H](C=O)[C@H](OC2CCCCO2)C[C@@H]1OC(=O)c1ccccc1. The maximum Gasteiger partial charge on any atom is 0.338 e. The molecule has 33 heavy (non-hydrogen) atoms. The van der Waals surface area contributed by atoms with Crippen LogP contribution >= 0.6 is 0 Å². The van der Waals surface area contributed by atoms with Crippen molar-refractivity contribution in [2.24, 2.45) is 11.8 Å². The molecule has 1 saturated heterocycles. The second-order valence-electron chi connectivity index (χ2n) is 8.92. The van der Waals surface area contributed by atoms with Crippen LogP contribution in [0.15, 0.2) is 30.3 Å². The highest BCUT2D eigenvalue weighted by atomic mass is 16.7. The summed E-state index contributed by atoms with van der Waals surface area (Å²) in [5.41, 5.74) is 0.502. The molecule has 1 aromatic carbocycles. The van der Waals surface area contributed by atoms with Gasteiger partial charge in [0.2, 0.25) is 0 Å². The lowest BCUT2D eigenvalue weighted by Gasteiger charge is -2.28. The summed E-state index contributed by atoms with van der Waals surface area (Å²) < 4.78 is 22.5. The number of carbonyl (C=O) groups is 3. The highest BCUT2D eigenvalue weighted by Gasteiger charge is 2.46. The summed E-state index contributed by atoms with van der Waals surface area (Å²) in [7, 11) is 1.40. The van der Waals surface area contributed by atoms with Gasteiger partial charge >= 0.3 is 11.9 Å². The minimum Gasteiger partial charge on any atom is -0.469 e. The Balaban J connectivity index is 1.60. The highest BCUT2D eigenvalue weighted by Crippen LogP contribution is 2.40. The lowest BCUT2D eigenvalue weighted by molar-refractivity contribution is -0.195. The van der Waals surface area contributed by atoms with Crippen LogP contribution in [0.25, 0.3) is 0 Å². The summed E-state index contributed by atoms with van der Waals surface area (Å²) in [4.78, 5) is 36.1. The molecule has 1 aliphatic carbocycles. The molecule has 0 bridgehead atoms. The Labute approximate surface area is 196 Å². The minimum atomic E-state index is -0.378. The summed E-state index contributed by atoms with van der Waals surface area (Å²) in [5.74, 6) is -0.990. The predicted octanol–water partition coefficient (Wildman–Crippen LogP) is 4.47. The van der Waals surface area contributed by atoms with E-state index in [-0.39, 0.29) is 42.3 Å². The van der Waals surface area contributed by atoms with Gasteiger partial charge in [-0.15, -0.1) is 0 Å². The third-order valence-electron chi connectivity index (χ3n) is 6.65. The van der Waals surface area contributed by atoms with Gasteiger partial charge in [0.05, 0.1) is 18.8 Å². The fourth-order valence-electron chi connectivity index (χ4n) is 4.83. The van der Waals surface area contributed by atoms with Crippen molar-refractivity contribution in [2.45, 2.75) is 82.7 Å². The number of benzene rings is 1. The molecule has 7 heteroatoms. The van der Waals surface area contributed by atoms with Crippen LogP contribution in [0.1, 0.15) is 74.6 Å². The summed E-state index contributed by atoms with van der Waals surface area (Å²) in [5, 5.41) is 0. The first kappa shape index (κ1) is 25.4. The molecule has 1 saturated carbocycles. The zero-order valence-corrected chi connectivity index (χ0v) is 19.5. The molecular formula is C26H36O7. The first-order chi connectivity index (χ1) is 16.1. The van der Waals surface area contributed by atoms with Crippen LogP contribution < -0.4 is 0 Å². The number of esters is 2. The van der Waals surface area contributed by atoms with Crippen molar-refractivity contribution in [3.63, 3.8) is 0 Å². The lowest BCUT2D eigenvalue weighted by Crippen LogP contribution is -2.32. The normalized spacial score (nSPS) is 27.1. The van der Waals surface area contributed by atoms with Crippen molar-refractivity contribution in [3.8, 4) is 0 Å². The molecule has 0 amide bonds. The molecule has 0 spiro atoms. The van der Waals surface area contributed by atoms with E-state index in [1.165, 1.54) is 7.11 Å². The van der Waals surface area contributed by atoms with Crippen molar-refractivity contribution in [1.29, 1.82) is 0 Å². The molecular weight excluding hydrogens is 424 g/mol. The second-order valence-corrected chi connectivity index (χ2v) is 8.92. The molecule has 2 fully saturated rings. The van der Waals surface area contributed by atoms with E-state index in [1.807, 2.05) is 6.07 Å². The van der Waals surface area contributed by atoms with Gasteiger partial charge in [-0.05, 0) is 44.2 Å². The number of rotatable bonds is 12. The Bertz CT molecular complexity index is 744. The average molecular weight is 461 g/mol. The van der Waals surface area contributed by atoms with Crippen LogP contribution in [0.4, 0.5) is 0 Å². The van der Waals surface area contributed by atoms with Crippen LogP contribution in [0, 0.1) is 11.8 Å². The maximum atomic E-state index is 12.7. The molecule has 182 valence electrons. The number of hydrogen-bond donors (Lipinski definition) is 0. The molecule has 1 aliphatic heterocycles. The van der Waals surface area contributed by atoms with E-state index in [0.717, 1.165) is 57.7 Å². The molecule has 3 rings (SSSR count). The van der Waals surface area contributed by atoms with Gasteiger partial charge in [-0.3, -0.25) is 4.79 Å². The Morgan fingerprint density at radius 1 is 1.06 bits per heavy atom. The number of ether oxygens (including phenoxy) is 4. The fraction of sp³-hybridized carbons (Fsp3) is 0.654. The second kappa shape index (κ2) is 13.5. The number of hydrogen-bond acceptors (Lipinski definition) is 7. The van der Waals surface area contributed by atoms with Crippen LogP contribution in [-0.2, 0) is 28.5 Å². The van der Waals surface area contributed by atoms with Crippen molar-refractivity contribution in [1.82, 2.24) is 0 Å². The maximum absolute atomic E-state index is 12.7. The van der Waals surface area contributed by atoms with Gasteiger partial charge in [-0.25, -0.2) is 4.79 Å². The number of methoxy groups -OCH3 is 1. The molecule has 0 aromatic heterocycles. The van der Waals surface area contributed by atoms with Crippen molar-refractivity contribution >= 4 is 18.2 Å². The van der Waals surface area contributed by atoms with E-state index in [1.54, 1.807) is 24.3 Å². The molecule has 0 radical (unpaired) electrons. The van der Waals surface area contributed by atoms with Gasteiger partial charge in [0.15, 0.2) is 6.29 Å². The van der Waals surface area contributed by atoms with E-state index in [2.05, 4.69) is 4.74 Å². The Hall–Kier alpha value is -2.25. The fourth-order valence-corrected chi connectivity index (χ4v) is 4.83. The first-order valence-electron chi connectivity index (χ1n) is 12.2. The summed E-state index contributed by atoms with van der Waals surface area (Å²) in [6.45, 7) is 0.671. The average Bonchev–Trinajstić information content (AvgIpc) is 3.17. The van der Waals surface area contributed by atoms with Crippen molar-refractivity contribution in [3.05, 3.63) is 35.9 Å². The molecule has 1 heterocycles. The van der Waals surface area contributed by atoms with Crippen molar-refractivity contribution < 1.29 is 33.3 Å². The largest absolute Gasteiger partial charge is 0.469 e. The van der Waals surface area contributed by atoms with E-state index >= 15 is 0 Å². The minimum absolute atomic E-state index is 0.0932. The molecule has 5 atom stereocenters. The molecule has 1 aromatic rings. The monoisotopic (exact) mass is 460 g/mol. The number of carbonyl (C=O) groups excluding carboxylic acids is 3. The topological polar surface area (TPSA) is 88.1 Å². The summed E-state index contributed by atoms with van der Waals surface area (Å²) in [6, 6.07) is 8.92. The predicted molar refractivity (Wildman–Crippen MR) is 121 cm³/mol. The summed E-state index contributed by atoms with van der Waals surface area (Å²) in [6.07, 6.45) is 8.07. The van der Waals surface area contributed by atoms with Gasteiger partial charge in [-0.2, -0.15) is 0 Å². The zero-order valence-electron chi connectivity index (χ0n) is 19.5. The first-order valence-corrected chi connectivity index (χ1v) is 12.2. The Morgan fingerprint density at radius 2 is 1.85 bits per heavy atom. The molecule has 0 N–H and O–H groups in total. The van der Waals surface area contributed by atoms with Gasteiger partial charge in [0, 0.05) is 31.3 Å². The van der Waals surface area contributed by atoms with Crippen molar-refractivity contribution in [2.75, 3.05) is 13.7 Å². The molecule has 2 aliphatic rings. The Morgan fingerprint density at radius 3 is 2.55 bits per heavy atom. The molecule has 1 unspecified atom stereocenters. The smallest absolute Gasteiger partial charge is 0.338 e. The van der Waals surface area contributed by atoms with Gasteiger partial charge in [-0.1, -0.05) is 37.5 Å². The van der Waals surface area contributed by atoms with Crippen LogP contribution in [0.5, 0.6) is 0 Å². The van der Waals surface area contributed by atoms with Gasteiger partial charge in [0.25, 0.3) is 0 Å². The quantitative estimate of drug-likeness (QED) is 0.258.